The van der Waals surface area contributed by atoms with Gasteiger partial charge in [0.25, 0.3) is 0 Å². The zero-order chi connectivity index (χ0) is 9.80. The second-order valence-electron chi connectivity index (χ2n) is 3.47. The minimum absolute atomic E-state index is 0.613. The average Bonchev–Trinajstić information content (AvgIpc) is 2.79. The third-order valence-corrected chi connectivity index (χ3v) is 4.05. The quantitative estimate of drug-likeness (QED) is 0.860. The van der Waals surface area contributed by atoms with Gasteiger partial charge in [0.05, 0.1) is 0 Å². The number of aryl methyl sites for hydroxylation is 1. The van der Waals surface area contributed by atoms with Gasteiger partial charge in [-0.3, -0.25) is 0 Å². The molecule has 0 bridgehead atoms. The van der Waals surface area contributed by atoms with Gasteiger partial charge in [-0.1, -0.05) is 6.92 Å². The van der Waals surface area contributed by atoms with Gasteiger partial charge in [-0.2, -0.15) is 16.1 Å². The van der Waals surface area contributed by atoms with E-state index in [4.69, 9.17) is 0 Å². The van der Waals surface area contributed by atoms with E-state index in [0.717, 1.165) is 23.8 Å². The molecule has 1 saturated heterocycles. The molecule has 0 radical (unpaired) electrons. The van der Waals surface area contributed by atoms with Crippen molar-refractivity contribution in [3.05, 3.63) is 5.82 Å². The molecule has 14 heavy (non-hydrogen) atoms. The minimum atomic E-state index is 0.613. The summed E-state index contributed by atoms with van der Waals surface area (Å²) >= 11 is 3.51. The topological polar surface area (TPSA) is 37.8 Å². The highest BCUT2D eigenvalue weighted by Crippen LogP contribution is 2.22. The Morgan fingerprint density at radius 3 is 3.21 bits per heavy atom. The molecule has 0 amide bonds. The summed E-state index contributed by atoms with van der Waals surface area (Å²) < 4.78 is 4.31. The number of thioether (sulfide) groups is 1. The number of hydrogen-bond donors (Lipinski definition) is 1. The first-order chi connectivity index (χ1) is 6.88. The van der Waals surface area contributed by atoms with Crippen molar-refractivity contribution >= 4 is 28.4 Å². The molecule has 2 rings (SSSR count). The van der Waals surface area contributed by atoms with Crippen LogP contribution in [0.1, 0.15) is 25.6 Å². The van der Waals surface area contributed by atoms with E-state index in [0.29, 0.717) is 6.04 Å². The molecule has 1 aliphatic rings. The molecule has 0 spiro atoms. The van der Waals surface area contributed by atoms with Crippen LogP contribution in [0.5, 0.6) is 0 Å². The highest BCUT2D eigenvalue weighted by atomic mass is 32.2. The Balaban J connectivity index is 1.88. The Hall–Kier alpha value is -0.290. The van der Waals surface area contributed by atoms with Crippen molar-refractivity contribution in [2.45, 2.75) is 32.2 Å². The summed E-state index contributed by atoms with van der Waals surface area (Å²) in [6.45, 7) is 2.15. The van der Waals surface area contributed by atoms with Crippen molar-refractivity contribution in [3.63, 3.8) is 0 Å². The molecule has 5 heteroatoms. The Morgan fingerprint density at radius 2 is 2.50 bits per heavy atom. The summed E-state index contributed by atoms with van der Waals surface area (Å²) in [5.41, 5.74) is 0. The first-order valence-electron chi connectivity index (χ1n) is 5.05. The maximum absolute atomic E-state index is 4.45. The van der Waals surface area contributed by atoms with Gasteiger partial charge in [-0.15, -0.1) is 0 Å². The fourth-order valence-corrected chi connectivity index (χ4v) is 3.30. The summed E-state index contributed by atoms with van der Waals surface area (Å²) in [6, 6.07) is 0.613. The molecule has 0 aromatic carbocycles. The molecule has 1 aromatic heterocycles. The predicted molar refractivity (Wildman–Crippen MR) is 63.3 cm³/mol. The largest absolute Gasteiger partial charge is 0.357 e. The van der Waals surface area contributed by atoms with Crippen molar-refractivity contribution in [3.8, 4) is 0 Å². The van der Waals surface area contributed by atoms with E-state index in [9.17, 15) is 0 Å². The maximum Gasteiger partial charge on any atom is 0.202 e. The Labute approximate surface area is 92.9 Å². The van der Waals surface area contributed by atoms with Gasteiger partial charge in [0.1, 0.15) is 5.82 Å². The van der Waals surface area contributed by atoms with Crippen molar-refractivity contribution < 1.29 is 0 Å². The van der Waals surface area contributed by atoms with Crippen LogP contribution in [-0.2, 0) is 6.42 Å². The predicted octanol–water partition coefficient (Wildman–Crippen LogP) is 2.41. The van der Waals surface area contributed by atoms with Crippen LogP contribution in [-0.4, -0.2) is 26.9 Å². The molecule has 1 N–H and O–H groups in total. The van der Waals surface area contributed by atoms with E-state index < -0.39 is 0 Å². The molecular formula is C9H15N3S2. The lowest BCUT2D eigenvalue weighted by Gasteiger charge is -2.07. The van der Waals surface area contributed by atoms with Gasteiger partial charge < -0.3 is 5.32 Å². The van der Waals surface area contributed by atoms with Crippen LogP contribution in [0.15, 0.2) is 0 Å². The first kappa shape index (κ1) is 10.2. The molecule has 0 saturated carbocycles. The first-order valence-corrected chi connectivity index (χ1v) is 6.98. The number of aromatic nitrogens is 2. The lowest BCUT2D eigenvalue weighted by atomic mass is 10.3. The van der Waals surface area contributed by atoms with E-state index in [1.54, 1.807) is 0 Å². The van der Waals surface area contributed by atoms with Crippen LogP contribution in [0, 0.1) is 0 Å². The molecule has 1 fully saturated rings. The van der Waals surface area contributed by atoms with Gasteiger partial charge in [0.2, 0.25) is 5.13 Å². The second kappa shape index (κ2) is 4.98. The summed E-state index contributed by atoms with van der Waals surface area (Å²) in [5.74, 6) is 3.48. The van der Waals surface area contributed by atoms with Gasteiger partial charge in [-0.25, -0.2) is 4.98 Å². The number of hydrogen-bond acceptors (Lipinski definition) is 5. The molecule has 0 aliphatic carbocycles. The summed E-state index contributed by atoms with van der Waals surface area (Å²) in [7, 11) is 0. The fourth-order valence-electron chi connectivity index (χ4n) is 1.46. The minimum Gasteiger partial charge on any atom is -0.357 e. The molecule has 3 nitrogen and oxygen atoms in total. The van der Waals surface area contributed by atoms with Crippen LogP contribution >= 0.6 is 23.3 Å². The number of anilines is 1. The monoisotopic (exact) mass is 229 g/mol. The summed E-state index contributed by atoms with van der Waals surface area (Å²) in [4.78, 5) is 4.45. The Bertz CT molecular complexity index is 281. The summed E-state index contributed by atoms with van der Waals surface area (Å²) in [6.07, 6.45) is 3.38. The molecule has 78 valence electrons. The van der Waals surface area contributed by atoms with Crippen LogP contribution in [0.2, 0.25) is 0 Å². The van der Waals surface area contributed by atoms with Crippen molar-refractivity contribution in [2.24, 2.45) is 0 Å². The van der Waals surface area contributed by atoms with Gasteiger partial charge in [-0.05, 0) is 18.6 Å². The van der Waals surface area contributed by atoms with Crippen LogP contribution < -0.4 is 5.32 Å². The number of rotatable bonds is 4. The van der Waals surface area contributed by atoms with Crippen LogP contribution in [0.25, 0.3) is 0 Å². The molecule has 2 heterocycles. The Morgan fingerprint density at radius 1 is 1.57 bits per heavy atom. The molecular weight excluding hydrogens is 214 g/mol. The SMILES string of the molecule is CCCc1nsc(NC2CCSC2)n1. The zero-order valence-electron chi connectivity index (χ0n) is 8.32. The third kappa shape index (κ3) is 2.60. The van der Waals surface area contributed by atoms with E-state index >= 15 is 0 Å². The van der Waals surface area contributed by atoms with E-state index in [1.807, 2.05) is 11.8 Å². The van der Waals surface area contributed by atoms with Crippen molar-refractivity contribution in [1.82, 2.24) is 9.36 Å². The van der Waals surface area contributed by atoms with Crippen molar-refractivity contribution in [2.75, 3.05) is 16.8 Å². The van der Waals surface area contributed by atoms with Gasteiger partial charge in [0.15, 0.2) is 0 Å². The third-order valence-electron chi connectivity index (χ3n) is 2.20. The highest BCUT2D eigenvalue weighted by molar-refractivity contribution is 7.99. The molecule has 1 atom stereocenters. The van der Waals surface area contributed by atoms with Crippen LogP contribution in [0.4, 0.5) is 5.13 Å². The molecule has 1 aromatic rings. The smallest absolute Gasteiger partial charge is 0.202 e. The van der Waals surface area contributed by atoms with Crippen LogP contribution in [0.3, 0.4) is 0 Å². The molecule has 1 unspecified atom stereocenters. The normalized spacial score (nSPS) is 21.4. The zero-order valence-corrected chi connectivity index (χ0v) is 9.96. The highest BCUT2D eigenvalue weighted by Gasteiger charge is 2.16. The Kier molecular flexibility index (Phi) is 3.64. The van der Waals surface area contributed by atoms with E-state index in [2.05, 4.69) is 21.6 Å². The number of nitrogens with one attached hydrogen (secondary N) is 1. The fraction of sp³-hybridized carbons (Fsp3) is 0.778. The lowest BCUT2D eigenvalue weighted by Crippen LogP contribution is -2.17. The van der Waals surface area contributed by atoms with Gasteiger partial charge in [0, 0.05) is 29.7 Å². The van der Waals surface area contributed by atoms with Gasteiger partial charge >= 0.3 is 0 Å². The molecule has 1 aliphatic heterocycles. The van der Waals surface area contributed by atoms with E-state index in [1.165, 1.54) is 29.5 Å². The second-order valence-corrected chi connectivity index (χ2v) is 5.37. The summed E-state index contributed by atoms with van der Waals surface area (Å²) in [5, 5.41) is 4.44. The maximum atomic E-state index is 4.45. The van der Waals surface area contributed by atoms with E-state index in [-0.39, 0.29) is 0 Å². The number of nitrogens with zero attached hydrogens (tertiary/aromatic N) is 2. The average molecular weight is 229 g/mol. The lowest BCUT2D eigenvalue weighted by molar-refractivity contribution is 0.805. The van der Waals surface area contributed by atoms with Crippen molar-refractivity contribution in [1.29, 1.82) is 0 Å². The standard InChI is InChI=1S/C9H15N3S2/c1-2-3-8-11-9(14-12-8)10-7-4-5-13-6-7/h7H,2-6H2,1H3,(H,10,11,12).